The van der Waals surface area contributed by atoms with Gasteiger partial charge in [0.05, 0.1) is 23.1 Å². The zero-order chi connectivity index (χ0) is 23.7. The molecule has 1 aliphatic rings. The summed E-state index contributed by atoms with van der Waals surface area (Å²) in [5, 5.41) is 16.9. The van der Waals surface area contributed by atoms with Crippen LogP contribution in [-0.4, -0.2) is 32.0 Å². The molecule has 0 spiro atoms. The SMILES string of the molecule is Cc1ccc(C2=NN(C(=O)Cn3cc([N+](=O)[O-])cc(C(N)=O)c3=O)C(c3ccco3)C2)cc1. The van der Waals surface area contributed by atoms with Crippen LogP contribution in [0.4, 0.5) is 5.69 Å². The number of aromatic nitrogens is 1. The number of hydrogen-bond acceptors (Lipinski definition) is 7. The van der Waals surface area contributed by atoms with E-state index in [-0.39, 0.29) is 0 Å². The van der Waals surface area contributed by atoms with E-state index in [9.17, 15) is 24.5 Å². The van der Waals surface area contributed by atoms with Gasteiger partial charge < -0.3 is 10.2 Å². The second-order valence-corrected chi connectivity index (χ2v) is 7.55. The highest BCUT2D eigenvalue weighted by Gasteiger charge is 2.35. The van der Waals surface area contributed by atoms with Crippen LogP contribution < -0.4 is 11.3 Å². The van der Waals surface area contributed by atoms with Gasteiger partial charge in [-0.1, -0.05) is 29.8 Å². The molecule has 2 N–H and O–H groups in total. The van der Waals surface area contributed by atoms with Gasteiger partial charge in [0.25, 0.3) is 23.1 Å². The van der Waals surface area contributed by atoms with E-state index in [1.54, 1.807) is 12.1 Å². The van der Waals surface area contributed by atoms with Crippen molar-refractivity contribution in [2.45, 2.75) is 25.9 Å². The van der Waals surface area contributed by atoms with Crippen LogP contribution in [0.15, 0.2) is 69.2 Å². The van der Waals surface area contributed by atoms with Crippen molar-refractivity contribution >= 4 is 23.2 Å². The Morgan fingerprint density at radius 3 is 2.61 bits per heavy atom. The first kappa shape index (κ1) is 21.7. The number of rotatable bonds is 6. The van der Waals surface area contributed by atoms with Crippen LogP contribution in [0.25, 0.3) is 0 Å². The molecule has 11 heteroatoms. The van der Waals surface area contributed by atoms with E-state index in [2.05, 4.69) is 5.10 Å². The number of benzene rings is 1. The van der Waals surface area contributed by atoms with Crippen molar-refractivity contribution in [1.29, 1.82) is 0 Å². The zero-order valence-corrected chi connectivity index (χ0v) is 17.5. The molecular weight excluding hydrogens is 430 g/mol. The molecule has 1 aliphatic heterocycles. The summed E-state index contributed by atoms with van der Waals surface area (Å²) in [6.07, 6.45) is 2.75. The van der Waals surface area contributed by atoms with Gasteiger partial charge in [-0.3, -0.25) is 29.1 Å². The highest BCUT2D eigenvalue weighted by atomic mass is 16.6. The molecule has 3 heterocycles. The van der Waals surface area contributed by atoms with E-state index < -0.39 is 46.1 Å². The van der Waals surface area contributed by atoms with Crippen molar-refractivity contribution in [3.05, 3.63) is 97.8 Å². The van der Waals surface area contributed by atoms with Crippen LogP contribution in [0.5, 0.6) is 0 Å². The van der Waals surface area contributed by atoms with E-state index in [0.717, 1.165) is 28.0 Å². The monoisotopic (exact) mass is 449 g/mol. The van der Waals surface area contributed by atoms with Gasteiger partial charge in [-0.2, -0.15) is 5.10 Å². The number of pyridine rings is 1. The van der Waals surface area contributed by atoms with Gasteiger partial charge in [-0.25, -0.2) is 5.01 Å². The standard InChI is InChI=1S/C22H19N5O6/c1-13-4-6-14(7-5-13)17-10-18(19-3-2-8-33-19)26(24-17)20(28)12-25-11-15(27(31)32)9-16(21(23)29)22(25)30/h2-9,11,18H,10,12H2,1H3,(H2,23,29). The number of hydrogen-bond donors (Lipinski definition) is 1. The van der Waals surface area contributed by atoms with Gasteiger partial charge in [0.15, 0.2) is 0 Å². The number of hydrazone groups is 1. The molecule has 1 atom stereocenters. The molecule has 3 aromatic rings. The topological polar surface area (TPSA) is 154 Å². The van der Waals surface area contributed by atoms with Gasteiger partial charge in [-0.05, 0) is 24.6 Å². The molecular formula is C22H19N5O6. The molecule has 168 valence electrons. The number of carbonyl (C=O) groups is 2. The van der Waals surface area contributed by atoms with Crippen molar-refractivity contribution in [2.24, 2.45) is 10.8 Å². The predicted molar refractivity (Wildman–Crippen MR) is 117 cm³/mol. The van der Waals surface area contributed by atoms with E-state index >= 15 is 0 Å². The Morgan fingerprint density at radius 2 is 2.00 bits per heavy atom. The molecule has 0 saturated heterocycles. The van der Waals surface area contributed by atoms with E-state index in [1.165, 1.54) is 11.3 Å². The van der Waals surface area contributed by atoms with Crippen LogP contribution >= 0.6 is 0 Å². The lowest BCUT2D eigenvalue weighted by atomic mass is 10.0. The number of furan rings is 1. The summed E-state index contributed by atoms with van der Waals surface area (Å²) in [5.74, 6) is -1.24. The summed E-state index contributed by atoms with van der Waals surface area (Å²) >= 11 is 0. The smallest absolute Gasteiger partial charge is 0.286 e. The molecule has 0 saturated carbocycles. The molecule has 1 aromatic carbocycles. The normalized spacial score (nSPS) is 15.4. The van der Waals surface area contributed by atoms with E-state index in [0.29, 0.717) is 17.9 Å². The predicted octanol–water partition coefficient (Wildman–Crippen LogP) is 2.13. The van der Waals surface area contributed by atoms with Crippen LogP contribution in [0.2, 0.25) is 0 Å². The summed E-state index contributed by atoms with van der Waals surface area (Å²) in [7, 11) is 0. The molecule has 0 radical (unpaired) electrons. The third-order valence-corrected chi connectivity index (χ3v) is 5.28. The Labute approximate surface area is 186 Å². The number of nitrogens with zero attached hydrogens (tertiary/aromatic N) is 4. The molecule has 2 aromatic heterocycles. The molecule has 4 rings (SSSR count). The average molecular weight is 449 g/mol. The fraction of sp³-hybridized carbons (Fsp3) is 0.182. The Morgan fingerprint density at radius 1 is 1.27 bits per heavy atom. The molecule has 0 bridgehead atoms. The van der Waals surface area contributed by atoms with Crippen LogP contribution in [0, 0.1) is 17.0 Å². The van der Waals surface area contributed by atoms with Crippen molar-refractivity contribution in [3.8, 4) is 0 Å². The second kappa shape index (κ2) is 8.54. The molecule has 1 unspecified atom stereocenters. The van der Waals surface area contributed by atoms with Gasteiger partial charge in [0.1, 0.15) is 23.9 Å². The highest BCUT2D eigenvalue weighted by Crippen LogP contribution is 2.33. The van der Waals surface area contributed by atoms with Crippen molar-refractivity contribution in [3.63, 3.8) is 0 Å². The summed E-state index contributed by atoms with van der Waals surface area (Å²) in [4.78, 5) is 47.8. The second-order valence-electron chi connectivity index (χ2n) is 7.55. The van der Waals surface area contributed by atoms with Gasteiger partial charge in [0, 0.05) is 12.5 Å². The number of nitrogens with two attached hydrogens (primary N) is 1. The van der Waals surface area contributed by atoms with Gasteiger partial charge >= 0.3 is 0 Å². The van der Waals surface area contributed by atoms with Gasteiger partial charge in [0.2, 0.25) is 0 Å². The van der Waals surface area contributed by atoms with Crippen molar-refractivity contribution < 1.29 is 18.9 Å². The highest BCUT2D eigenvalue weighted by molar-refractivity contribution is 6.03. The summed E-state index contributed by atoms with van der Waals surface area (Å²) < 4.78 is 6.28. The Hall–Kier alpha value is -4.54. The van der Waals surface area contributed by atoms with Gasteiger partial charge in [-0.15, -0.1) is 0 Å². The largest absolute Gasteiger partial charge is 0.467 e. The van der Waals surface area contributed by atoms with E-state index in [1.807, 2.05) is 31.2 Å². The van der Waals surface area contributed by atoms with E-state index in [4.69, 9.17) is 10.2 Å². The molecule has 33 heavy (non-hydrogen) atoms. The van der Waals surface area contributed by atoms with Crippen molar-refractivity contribution in [1.82, 2.24) is 9.58 Å². The fourth-order valence-electron chi connectivity index (χ4n) is 3.60. The maximum Gasteiger partial charge on any atom is 0.286 e. The number of carbonyl (C=O) groups excluding carboxylic acids is 2. The first-order valence-corrected chi connectivity index (χ1v) is 9.93. The lowest BCUT2D eigenvalue weighted by Crippen LogP contribution is -2.36. The number of aryl methyl sites for hydroxylation is 1. The quantitative estimate of drug-likeness (QED) is 0.449. The maximum atomic E-state index is 13.2. The summed E-state index contributed by atoms with van der Waals surface area (Å²) in [6.45, 7) is 1.38. The molecule has 11 nitrogen and oxygen atoms in total. The average Bonchev–Trinajstić information content (AvgIpc) is 3.45. The Kier molecular flexibility index (Phi) is 5.61. The Balaban J connectivity index is 1.70. The van der Waals surface area contributed by atoms with Crippen molar-refractivity contribution in [2.75, 3.05) is 0 Å². The minimum atomic E-state index is -1.13. The fourth-order valence-corrected chi connectivity index (χ4v) is 3.60. The first-order valence-electron chi connectivity index (χ1n) is 9.93. The number of nitro groups is 1. The minimum absolute atomic E-state index is 0.374. The van der Waals surface area contributed by atoms with Crippen LogP contribution in [0.3, 0.4) is 0 Å². The molecule has 0 aliphatic carbocycles. The third kappa shape index (κ3) is 4.28. The zero-order valence-electron chi connectivity index (χ0n) is 17.5. The lowest BCUT2D eigenvalue weighted by molar-refractivity contribution is -0.385. The molecule has 0 fully saturated rings. The number of primary amides is 1. The molecule has 2 amide bonds. The van der Waals surface area contributed by atoms with Crippen LogP contribution in [-0.2, 0) is 11.3 Å². The Bertz CT molecular complexity index is 1320. The first-order chi connectivity index (χ1) is 15.7. The minimum Gasteiger partial charge on any atom is -0.467 e. The maximum absolute atomic E-state index is 13.2. The van der Waals surface area contributed by atoms with Crippen LogP contribution in [0.1, 0.15) is 39.7 Å². The third-order valence-electron chi connectivity index (χ3n) is 5.28. The number of amides is 2. The summed E-state index contributed by atoms with van der Waals surface area (Å²) in [5.41, 5.74) is 5.71. The summed E-state index contributed by atoms with van der Waals surface area (Å²) in [6, 6.07) is 11.3. The lowest BCUT2D eigenvalue weighted by Gasteiger charge is -2.20.